The van der Waals surface area contributed by atoms with Crippen LogP contribution in [0.1, 0.15) is 16.8 Å². The third kappa shape index (κ3) is 4.90. The van der Waals surface area contributed by atoms with Crippen molar-refractivity contribution in [3.63, 3.8) is 0 Å². The third-order valence-electron chi connectivity index (χ3n) is 5.12. The van der Waals surface area contributed by atoms with Gasteiger partial charge in [0.2, 0.25) is 10.0 Å². The monoisotopic (exact) mass is 483 g/mol. The topological polar surface area (TPSA) is 53.5 Å². The molecule has 4 rings (SSSR count). The summed E-state index contributed by atoms with van der Waals surface area (Å²) in [5.74, 6) is -0.957. The summed E-state index contributed by atoms with van der Waals surface area (Å²) in [6.45, 7) is 3.18. The number of hydrogen-bond donors (Lipinski definition) is 0. The molecule has 0 aliphatic carbocycles. The van der Waals surface area contributed by atoms with Crippen molar-refractivity contribution in [2.45, 2.75) is 18.2 Å². The van der Waals surface area contributed by atoms with Crippen molar-refractivity contribution in [1.29, 1.82) is 0 Å². The van der Waals surface area contributed by atoms with E-state index in [0.29, 0.717) is 30.1 Å². The van der Waals surface area contributed by atoms with Gasteiger partial charge in [0.1, 0.15) is 11.6 Å². The first-order valence-corrected chi connectivity index (χ1v) is 12.3. The normalized spacial score (nSPS) is 15.4. The molecule has 1 aliphatic heterocycles. The van der Waals surface area contributed by atoms with E-state index < -0.39 is 15.8 Å². The summed E-state index contributed by atoms with van der Waals surface area (Å²) in [4.78, 5) is 6.65. The summed E-state index contributed by atoms with van der Waals surface area (Å²) < 4.78 is 54.4. The lowest BCUT2D eigenvalue weighted by atomic mass is 10.1. The number of anilines is 1. The van der Waals surface area contributed by atoms with Crippen LogP contribution >= 0.6 is 22.9 Å². The molecule has 2 aromatic carbocycles. The van der Waals surface area contributed by atoms with Crippen LogP contribution in [-0.4, -0.2) is 43.9 Å². The molecule has 0 bridgehead atoms. The molecule has 31 heavy (non-hydrogen) atoms. The van der Waals surface area contributed by atoms with Gasteiger partial charge in [-0.15, -0.1) is 11.3 Å². The fourth-order valence-corrected chi connectivity index (χ4v) is 6.34. The van der Waals surface area contributed by atoms with Crippen LogP contribution in [0, 0.1) is 18.6 Å². The zero-order chi connectivity index (χ0) is 22.2. The van der Waals surface area contributed by atoms with Gasteiger partial charge in [-0.1, -0.05) is 17.7 Å². The number of thiazole rings is 1. The zero-order valence-electron chi connectivity index (χ0n) is 16.7. The number of sulfonamides is 1. The number of piperazine rings is 1. The van der Waals surface area contributed by atoms with Crippen molar-refractivity contribution < 1.29 is 17.2 Å². The summed E-state index contributed by atoms with van der Waals surface area (Å²) >= 11 is 7.38. The van der Waals surface area contributed by atoms with Gasteiger partial charge in [0.05, 0.1) is 10.6 Å². The molecule has 1 fully saturated rings. The van der Waals surface area contributed by atoms with Crippen molar-refractivity contribution in [2.75, 3.05) is 31.1 Å². The summed E-state index contributed by atoms with van der Waals surface area (Å²) in [5.41, 5.74) is 2.06. The second kappa shape index (κ2) is 8.82. The van der Waals surface area contributed by atoms with E-state index in [2.05, 4.69) is 4.98 Å². The van der Waals surface area contributed by atoms with Crippen molar-refractivity contribution in [3.05, 3.63) is 75.3 Å². The molecule has 1 aliphatic rings. The van der Waals surface area contributed by atoms with Crippen molar-refractivity contribution >= 4 is 38.1 Å². The van der Waals surface area contributed by atoms with Crippen LogP contribution < -0.4 is 4.90 Å². The lowest BCUT2D eigenvalue weighted by Crippen LogP contribution is -2.48. The summed E-state index contributed by atoms with van der Waals surface area (Å²) in [7, 11) is -3.76. The molecule has 0 N–H and O–H groups in total. The summed E-state index contributed by atoms with van der Waals surface area (Å²) in [6, 6.07) is 8.20. The molecule has 0 atom stereocenters. The Balaban J connectivity index is 1.43. The fourth-order valence-electron chi connectivity index (χ4n) is 3.56. The lowest BCUT2D eigenvalue weighted by molar-refractivity contribution is 0.384. The predicted molar refractivity (Wildman–Crippen MR) is 118 cm³/mol. The van der Waals surface area contributed by atoms with Crippen LogP contribution in [0.2, 0.25) is 5.02 Å². The average Bonchev–Trinajstić information content (AvgIpc) is 3.17. The van der Waals surface area contributed by atoms with E-state index in [1.165, 1.54) is 39.9 Å². The van der Waals surface area contributed by atoms with Gasteiger partial charge >= 0.3 is 0 Å². The molecular weight excluding hydrogens is 464 g/mol. The largest absolute Gasteiger partial charge is 0.345 e. The SMILES string of the molecule is Cc1ccc(F)cc1S(=O)(=O)N1CCN(c2nc(Cc3cc(F)cc(Cl)c3)cs2)CC1. The first kappa shape index (κ1) is 22.1. The molecule has 0 saturated carbocycles. The van der Waals surface area contributed by atoms with E-state index in [1.807, 2.05) is 10.3 Å². The Kier molecular flexibility index (Phi) is 6.30. The quantitative estimate of drug-likeness (QED) is 0.536. The number of benzene rings is 2. The smallest absolute Gasteiger partial charge is 0.243 e. The Morgan fingerprint density at radius 1 is 1.06 bits per heavy atom. The Bertz CT molecular complexity index is 1190. The molecule has 1 aromatic heterocycles. The Morgan fingerprint density at radius 2 is 1.81 bits per heavy atom. The van der Waals surface area contributed by atoms with Gasteiger partial charge in [-0.25, -0.2) is 22.2 Å². The van der Waals surface area contributed by atoms with E-state index in [-0.39, 0.29) is 23.8 Å². The van der Waals surface area contributed by atoms with Crippen LogP contribution in [0.3, 0.4) is 0 Å². The number of aryl methyl sites for hydroxylation is 1. The highest BCUT2D eigenvalue weighted by molar-refractivity contribution is 7.89. The molecule has 10 heteroatoms. The van der Waals surface area contributed by atoms with Gasteiger partial charge in [-0.05, 0) is 48.4 Å². The molecule has 164 valence electrons. The second-order valence-electron chi connectivity index (χ2n) is 7.38. The Hall–Kier alpha value is -2.07. The van der Waals surface area contributed by atoms with E-state index in [9.17, 15) is 17.2 Å². The molecule has 0 amide bonds. The minimum Gasteiger partial charge on any atom is -0.345 e. The van der Waals surface area contributed by atoms with E-state index in [1.54, 1.807) is 13.0 Å². The third-order valence-corrected chi connectivity index (χ3v) is 8.33. The second-order valence-corrected chi connectivity index (χ2v) is 10.6. The molecule has 2 heterocycles. The van der Waals surface area contributed by atoms with Gasteiger partial charge in [0.25, 0.3) is 0 Å². The molecule has 5 nitrogen and oxygen atoms in total. The van der Waals surface area contributed by atoms with E-state index in [0.717, 1.165) is 22.5 Å². The van der Waals surface area contributed by atoms with Crippen LogP contribution in [0.15, 0.2) is 46.7 Å². The van der Waals surface area contributed by atoms with Crippen molar-refractivity contribution in [2.24, 2.45) is 0 Å². The fraction of sp³-hybridized carbons (Fsp3) is 0.286. The van der Waals surface area contributed by atoms with Crippen LogP contribution in [0.5, 0.6) is 0 Å². The standard InChI is InChI=1S/C21H20ClF2N3O2S2/c1-14-2-3-17(23)12-20(14)31(28,29)27-6-4-26(5-7-27)21-25-19(13-30-21)10-15-8-16(22)11-18(24)9-15/h2-3,8-9,11-13H,4-7,10H2,1H3. The van der Waals surface area contributed by atoms with Crippen LogP contribution in [0.4, 0.5) is 13.9 Å². The van der Waals surface area contributed by atoms with Crippen molar-refractivity contribution in [1.82, 2.24) is 9.29 Å². The highest BCUT2D eigenvalue weighted by Gasteiger charge is 2.30. The van der Waals surface area contributed by atoms with Crippen LogP contribution in [0.25, 0.3) is 0 Å². The number of rotatable bonds is 5. The van der Waals surface area contributed by atoms with Crippen molar-refractivity contribution in [3.8, 4) is 0 Å². The summed E-state index contributed by atoms with van der Waals surface area (Å²) in [5, 5.41) is 3.04. The van der Waals surface area contributed by atoms with Gasteiger partial charge in [-0.2, -0.15) is 4.31 Å². The Morgan fingerprint density at radius 3 is 2.52 bits per heavy atom. The van der Waals surface area contributed by atoms with Gasteiger partial charge in [-0.3, -0.25) is 0 Å². The maximum atomic E-state index is 13.6. The van der Waals surface area contributed by atoms with Gasteiger partial charge < -0.3 is 4.90 Å². The summed E-state index contributed by atoms with van der Waals surface area (Å²) in [6.07, 6.45) is 0.459. The van der Waals surface area contributed by atoms with E-state index >= 15 is 0 Å². The first-order chi connectivity index (χ1) is 14.7. The average molecular weight is 484 g/mol. The minimum atomic E-state index is -3.76. The number of nitrogens with zero attached hydrogens (tertiary/aromatic N) is 3. The Labute approximate surface area is 189 Å². The number of hydrogen-bond acceptors (Lipinski definition) is 5. The maximum Gasteiger partial charge on any atom is 0.243 e. The molecule has 0 radical (unpaired) electrons. The molecule has 0 unspecified atom stereocenters. The predicted octanol–water partition coefficient (Wildman–Crippen LogP) is 4.48. The highest BCUT2D eigenvalue weighted by Crippen LogP contribution is 2.27. The zero-order valence-corrected chi connectivity index (χ0v) is 19.1. The minimum absolute atomic E-state index is 0.00578. The first-order valence-electron chi connectivity index (χ1n) is 9.63. The molecular formula is C21H20ClF2N3O2S2. The number of aromatic nitrogens is 1. The molecule has 3 aromatic rings. The van der Waals surface area contributed by atoms with Crippen LogP contribution in [-0.2, 0) is 16.4 Å². The highest BCUT2D eigenvalue weighted by atomic mass is 35.5. The van der Waals surface area contributed by atoms with Gasteiger partial charge in [0.15, 0.2) is 5.13 Å². The lowest BCUT2D eigenvalue weighted by Gasteiger charge is -2.34. The molecule has 1 saturated heterocycles. The number of halogens is 3. The molecule has 0 spiro atoms. The maximum absolute atomic E-state index is 13.6. The van der Waals surface area contributed by atoms with E-state index in [4.69, 9.17) is 11.6 Å². The van der Waals surface area contributed by atoms with Gasteiger partial charge in [0, 0.05) is 43.0 Å².